The highest BCUT2D eigenvalue weighted by molar-refractivity contribution is 5.71. The first kappa shape index (κ1) is 13.1. The minimum atomic E-state index is -0.881. The number of nitrogen functional groups attached to an aromatic ring is 1. The Morgan fingerprint density at radius 3 is 2.50 bits per heavy atom. The number of hydrogen-bond donors (Lipinski definition) is 1. The lowest BCUT2D eigenvalue weighted by molar-refractivity contribution is 0.509. The average molecular weight is 277 g/mol. The molecule has 1 aromatic heterocycles. The molecule has 2 aromatic rings. The summed E-state index contributed by atoms with van der Waals surface area (Å²) in [5.41, 5.74) is 7.24. The molecule has 1 aliphatic carbocycles. The van der Waals surface area contributed by atoms with E-state index in [1.807, 2.05) is 4.57 Å². The Hall–Kier alpha value is -1.91. The van der Waals surface area contributed by atoms with Crippen LogP contribution in [0.5, 0.6) is 0 Å². The number of benzene rings is 1. The van der Waals surface area contributed by atoms with Crippen molar-refractivity contribution in [2.24, 2.45) is 0 Å². The van der Waals surface area contributed by atoms with E-state index >= 15 is 0 Å². The van der Waals surface area contributed by atoms with Crippen molar-refractivity contribution in [3.8, 4) is 11.3 Å². The van der Waals surface area contributed by atoms with Crippen LogP contribution in [0.2, 0.25) is 0 Å². The maximum absolute atomic E-state index is 13.4. The minimum Gasteiger partial charge on any atom is -0.383 e. The highest BCUT2D eigenvalue weighted by Gasteiger charge is 2.31. The van der Waals surface area contributed by atoms with E-state index in [1.165, 1.54) is 6.07 Å². The second-order valence-corrected chi connectivity index (χ2v) is 5.59. The van der Waals surface area contributed by atoms with Gasteiger partial charge in [-0.25, -0.2) is 13.8 Å². The number of imidazole rings is 1. The van der Waals surface area contributed by atoms with E-state index in [9.17, 15) is 8.78 Å². The second-order valence-electron chi connectivity index (χ2n) is 5.59. The van der Waals surface area contributed by atoms with E-state index in [0.717, 1.165) is 30.8 Å². The number of rotatable bonds is 3. The van der Waals surface area contributed by atoms with Crippen LogP contribution >= 0.6 is 0 Å². The van der Waals surface area contributed by atoms with Gasteiger partial charge in [-0.15, -0.1) is 0 Å². The van der Waals surface area contributed by atoms with Crippen molar-refractivity contribution in [3.05, 3.63) is 35.7 Å². The molecule has 0 unspecified atom stereocenters. The van der Waals surface area contributed by atoms with Gasteiger partial charge in [0.05, 0.1) is 0 Å². The van der Waals surface area contributed by atoms with Crippen LogP contribution in [0.4, 0.5) is 14.6 Å². The summed E-state index contributed by atoms with van der Waals surface area (Å²) in [4.78, 5) is 4.56. The number of anilines is 1. The summed E-state index contributed by atoms with van der Waals surface area (Å²) in [6.45, 7) is 4.10. The molecular weight excluding hydrogens is 260 g/mol. The number of hydrogen-bond acceptors (Lipinski definition) is 2. The van der Waals surface area contributed by atoms with Gasteiger partial charge in [0.2, 0.25) is 0 Å². The monoisotopic (exact) mass is 277 g/mol. The van der Waals surface area contributed by atoms with Crippen LogP contribution in [0.15, 0.2) is 18.2 Å². The zero-order chi connectivity index (χ0) is 14.4. The van der Waals surface area contributed by atoms with E-state index in [-0.39, 0.29) is 5.92 Å². The van der Waals surface area contributed by atoms with Gasteiger partial charge in [-0.1, -0.05) is 13.8 Å². The van der Waals surface area contributed by atoms with E-state index < -0.39 is 11.6 Å². The largest absolute Gasteiger partial charge is 0.383 e. The van der Waals surface area contributed by atoms with Crippen molar-refractivity contribution in [1.82, 2.24) is 9.55 Å². The van der Waals surface area contributed by atoms with Gasteiger partial charge in [0.15, 0.2) is 11.6 Å². The molecule has 0 atom stereocenters. The summed E-state index contributed by atoms with van der Waals surface area (Å²) < 4.78 is 28.5. The lowest BCUT2D eigenvalue weighted by atomic mass is 10.1. The Kier molecular flexibility index (Phi) is 3.00. The molecule has 0 bridgehead atoms. The molecule has 0 radical (unpaired) electrons. The summed E-state index contributed by atoms with van der Waals surface area (Å²) in [5.74, 6) is -0.0594. The predicted molar refractivity (Wildman–Crippen MR) is 74.4 cm³/mol. The number of nitrogens with zero attached hydrogens (tertiary/aromatic N) is 2. The molecule has 0 aliphatic heterocycles. The average Bonchev–Trinajstić information content (AvgIpc) is 3.16. The van der Waals surface area contributed by atoms with Crippen molar-refractivity contribution in [2.75, 3.05) is 5.73 Å². The maximum Gasteiger partial charge on any atom is 0.159 e. The maximum atomic E-state index is 13.4. The first-order valence-corrected chi connectivity index (χ1v) is 6.82. The standard InChI is InChI=1S/C15H17F2N3/c1-8(2)15-19-13(14(18)20(15)10-4-5-10)9-3-6-11(16)12(17)7-9/h3,6-8,10H,4-5,18H2,1-2H3. The second kappa shape index (κ2) is 4.58. The first-order valence-electron chi connectivity index (χ1n) is 6.82. The van der Waals surface area contributed by atoms with E-state index in [2.05, 4.69) is 18.8 Å². The van der Waals surface area contributed by atoms with Crippen molar-refractivity contribution >= 4 is 5.82 Å². The van der Waals surface area contributed by atoms with Gasteiger partial charge < -0.3 is 10.3 Å². The number of halogens is 2. The molecule has 0 spiro atoms. The third kappa shape index (κ3) is 2.07. The van der Waals surface area contributed by atoms with Crippen molar-refractivity contribution in [1.29, 1.82) is 0 Å². The fourth-order valence-electron chi connectivity index (χ4n) is 2.44. The van der Waals surface area contributed by atoms with Gasteiger partial charge in [-0.05, 0) is 31.0 Å². The molecule has 1 saturated carbocycles. The molecule has 3 rings (SSSR count). The van der Waals surface area contributed by atoms with Gasteiger partial charge in [0, 0.05) is 17.5 Å². The van der Waals surface area contributed by atoms with Crippen molar-refractivity contribution < 1.29 is 8.78 Å². The number of aromatic nitrogens is 2. The Bertz CT molecular complexity index is 657. The SMILES string of the molecule is CC(C)c1nc(-c2ccc(F)c(F)c2)c(N)n1C1CC1. The zero-order valence-corrected chi connectivity index (χ0v) is 11.5. The third-order valence-electron chi connectivity index (χ3n) is 3.60. The molecule has 3 nitrogen and oxygen atoms in total. The topological polar surface area (TPSA) is 43.8 Å². The molecule has 0 saturated heterocycles. The Labute approximate surface area is 116 Å². The Morgan fingerprint density at radius 1 is 1.25 bits per heavy atom. The Balaban J connectivity index is 2.13. The zero-order valence-electron chi connectivity index (χ0n) is 11.5. The van der Waals surface area contributed by atoms with E-state index in [0.29, 0.717) is 23.1 Å². The highest BCUT2D eigenvalue weighted by Crippen LogP contribution is 2.42. The summed E-state index contributed by atoms with van der Waals surface area (Å²) in [6.07, 6.45) is 2.19. The molecule has 5 heteroatoms. The van der Waals surface area contributed by atoms with Crippen LogP contribution in [0, 0.1) is 11.6 Å². The minimum absolute atomic E-state index is 0.233. The first-order chi connectivity index (χ1) is 9.49. The summed E-state index contributed by atoms with van der Waals surface area (Å²) in [7, 11) is 0. The van der Waals surface area contributed by atoms with Gasteiger partial charge in [-0.2, -0.15) is 0 Å². The van der Waals surface area contributed by atoms with Crippen LogP contribution in [0.1, 0.15) is 44.5 Å². The van der Waals surface area contributed by atoms with Crippen LogP contribution in [-0.2, 0) is 0 Å². The highest BCUT2D eigenvalue weighted by atomic mass is 19.2. The predicted octanol–water partition coefficient (Wildman–Crippen LogP) is 3.87. The summed E-state index contributed by atoms with van der Waals surface area (Å²) in [6, 6.07) is 4.17. The van der Waals surface area contributed by atoms with E-state index in [4.69, 9.17) is 5.73 Å². The van der Waals surface area contributed by atoms with Crippen molar-refractivity contribution in [2.45, 2.75) is 38.6 Å². The van der Waals surface area contributed by atoms with Gasteiger partial charge in [0.1, 0.15) is 17.3 Å². The van der Waals surface area contributed by atoms with Crippen LogP contribution < -0.4 is 5.73 Å². The quantitative estimate of drug-likeness (QED) is 0.925. The normalized spacial score (nSPS) is 15.1. The molecule has 106 valence electrons. The third-order valence-corrected chi connectivity index (χ3v) is 3.60. The fraction of sp³-hybridized carbons (Fsp3) is 0.400. The molecule has 1 heterocycles. The molecule has 0 amide bonds. The summed E-state index contributed by atoms with van der Waals surface area (Å²) in [5, 5.41) is 0. The van der Waals surface area contributed by atoms with Gasteiger partial charge >= 0.3 is 0 Å². The number of nitrogens with two attached hydrogens (primary N) is 1. The molecule has 20 heavy (non-hydrogen) atoms. The Morgan fingerprint density at radius 2 is 1.95 bits per heavy atom. The molecule has 1 aliphatic rings. The molecule has 1 fully saturated rings. The molecule has 2 N–H and O–H groups in total. The van der Waals surface area contributed by atoms with Crippen LogP contribution in [-0.4, -0.2) is 9.55 Å². The van der Waals surface area contributed by atoms with Gasteiger partial charge in [0.25, 0.3) is 0 Å². The van der Waals surface area contributed by atoms with E-state index in [1.54, 1.807) is 0 Å². The van der Waals surface area contributed by atoms with Gasteiger partial charge in [-0.3, -0.25) is 0 Å². The fourth-order valence-corrected chi connectivity index (χ4v) is 2.44. The lowest BCUT2D eigenvalue weighted by Crippen LogP contribution is -2.06. The molecule has 1 aromatic carbocycles. The van der Waals surface area contributed by atoms with Crippen molar-refractivity contribution in [3.63, 3.8) is 0 Å². The lowest BCUT2D eigenvalue weighted by Gasteiger charge is -2.10. The smallest absolute Gasteiger partial charge is 0.159 e. The van der Waals surface area contributed by atoms with Crippen LogP contribution in [0.25, 0.3) is 11.3 Å². The van der Waals surface area contributed by atoms with Crippen LogP contribution in [0.3, 0.4) is 0 Å². The summed E-state index contributed by atoms with van der Waals surface area (Å²) >= 11 is 0. The molecular formula is C15H17F2N3.